The summed E-state index contributed by atoms with van der Waals surface area (Å²) < 4.78 is 1.49. The largest absolute Gasteiger partial charge is 0.492 e. The molecule has 0 spiro atoms. The molecule has 0 radical (unpaired) electrons. The minimum atomic E-state index is -0.391. The maximum Gasteiger partial charge on any atom is 0.269 e. The van der Waals surface area contributed by atoms with Crippen molar-refractivity contribution in [3.63, 3.8) is 0 Å². The Bertz CT molecular complexity index is 981. The normalized spacial score (nSPS) is 21.4. The molecule has 0 aliphatic carbocycles. The Kier molecular flexibility index (Phi) is 4.56. The topological polar surface area (TPSA) is 98.0 Å². The third-order valence-corrected chi connectivity index (χ3v) is 6.30. The lowest BCUT2D eigenvalue weighted by Crippen LogP contribution is -3.13. The summed E-state index contributed by atoms with van der Waals surface area (Å²) in [7, 11) is 0. The summed E-state index contributed by atoms with van der Waals surface area (Å²) in [5.74, 6) is 1.33. The quantitative estimate of drug-likeness (QED) is 0.527. The minimum Gasteiger partial charge on any atom is -0.492 e. The van der Waals surface area contributed by atoms with E-state index in [1.54, 1.807) is 19.1 Å². The highest BCUT2D eigenvalue weighted by atomic mass is 32.1. The molecule has 1 unspecified atom stereocenters. The number of quaternary nitrogens is 1. The highest BCUT2D eigenvalue weighted by molar-refractivity contribution is 7.17. The second-order valence-electron chi connectivity index (χ2n) is 7.28. The summed E-state index contributed by atoms with van der Waals surface area (Å²) in [6.07, 6.45) is 2.33. The summed E-state index contributed by atoms with van der Waals surface area (Å²) in [5.41, 5.74) is 1.03. The smallest absolute Gasteiger partial charge is 0.269 e. The molecule has 1 saturated heterocycles. The molecule has 27 heavy (non-hydrogen) atoms. The third-order valence-electron chi connectivity index (χ3n) is 5.22. The lowest BCUT2D eigenvalue weighted by molar-refractivity contribution is -0.933. The number of fused-ring (bicyclic) bond motifs is 1. The van der Waals surface area contributed by atoms with E-state index in [9.17, 15) is 15.2 Å². The zero-order chi connectivity index (χ0) is 19.1. The van der Waals surface area contributed by atoms with Crippen LogP contribution in [0.5, 0.6) is 5.88 Å². The lowest BCUT2D eigenvalue weighted by atomic mass is 9.95. The molecule has 3 atom stereocenters. The predicted octanol–water partition coefficient (Wildman–Crippen LogP) is 2.12. The van der Waals surface area contributed by atoms with Crippen LogP contribution in [0.25, 0.3) is 4.96 Å². The zero-order valence-electron chi connectivity index (χ0n) is 15.3. The Labute approximate surface area is 160 Å². The van der Waals surface area contributed by atoms with Crippen molar-refractivity contribution in [3.05, 3.63) is 50.6 Å². The summed E-state index contributed by atoms with van der Waals surface area (Å²) in [6.45, 7) is 6.04. The number of likely N-dealkylation sites (tertiary alicyclic amines) is 1. The predicted molar refractivity (Wildman–Crippen MR) is 101 cm³/mol. The SMILES string of the molecule is Cc1nc2sc([C@H](c3ccc([N+](=O)[O-])cc3)[NH+]3CCC[C@H](C)C3)c(O)n2n1. The molecule has 3 heterocycles. The Balaban J connectivity index is 1.80. The number of aromatic nitrogens is 3. The summed E-state index contributed by atoms with van der Waals surface area (Å²) in [4.78, 5) is 17.8. The lowest BCUT2D eigenvalue weighted by Gasteiger charge is -2.34. The van der Waals surface area contributed by atoms with Crippen molar-refractivity contribution in [3.8, 4) is 5.88 Å². The molecule has 4 rings (SSSR count). The van der Waals surface area contributed by atoms with Gasteiger partial charge in [0.2, 0.25) is 10.8 Å². The van der Waals surface area contributed by atoms with E-state index in [0.29, 0.717) is 16.7 Å². The molecule has 2 aromatic heterocycles. The van der Waals surface area contributed by atoms with Gasteiger partial charge in [0.05, 0.1) is 18.0 Å². The average Bonchev–Trinajstić information content (AvgIpc) is 3.14. The summed E-state index contributed by atoms with van der Waals surface area (Å²) >= 11 is 1.44. The molecule has 1 fully saturated rings. The van der Waals surface area contributed by atoms with Crippen LogP contribution in [0.1, 0.15) is 42.1 Å². The molecule has 0 saturated carbocycles. The van der Waals surface area contributed by atoms with Crippen LogP contribution in [-0.2, 0) is 0 Å². The number of hydrogen-bond donors (Lipinski definition) is 2. The first-order chi connectivity index (χ1) is 12.9. The fourth-order valence-corrected chi connectivity index (χ4v) is 5.18. The van der Waals surface area contributed by atoms with Gasteiger partial charge in [0.25, 0.3) is 5.69 Å². The number of nitro benzene ring substituents is 1. The van der Waals surface area contributed by atoms with E-state index in [1.165, 1.54) is 39.3 Å². The van der Waals surface area contributed by atoms with Crippen molar-refractivity contribution < 1.29 is 14.9 Å². The monoisotopic (exact) mass is 388 g/mol. The number of benzene rings is 1. The maximum absolute atomic E-state index is 11.0. The van der Waals surface area contributed by atoms with Crippen molar-refractivity contribution >= 4 is 22.0 Å². The Morgan fingerprint density at radius 2 is 2.15 bits per heavy atom. The molecule has 9 heteroatoms. The van der Waals surface area contributed by atoms with Gasteiger partial charge < -0.3 is 10.0 Å². The standard InChI is InChI=1S/C18H21N5O3S/c1-11-4-3-9-21(10-11)15(13-5-7-14(8-6-13)23(25)26)16-17(24)22-18(27-16)19-12(2)20-22/h5-8,11,15,24H,3-4,9-10H2,1-2H3/p+1/t11-,15-/m0/s1. The van der Waals surface area contributed by atoms with E-state index in [2.05, 4.69) is 17.0 Å². The number of non-ortho nitro benzene ring substituents is 1. The number of rotatable bonds is 4. The van der Waals surface area contributed by atoms with Gasteiger partial charge >= 0.3 is 0 Å². The fraction of sp³-hybridized carbons (Fsp3) is 0.444. The van der Waals surface area contributed by atoms with Crippen LogP contribution in [-0.4, -0.2) is 37.7 Å². The number of nitrogens with one attached hydrogen (secondary N) is 1. The molecular weight excluding hydrogens is 366 g/mol. The average molecular weight is 388 g/mol. The van der Waals surface area contributed by atoms with Gasteiger partial charge in [-0.1, -0.05) is 18.3 Å². The Hall–Kier alpha value is -2.52. The van der Waals surface area contributed by atoms with E-state index < -0.39 is 4.92 Å². The molecule has 142 valence electrons. The van der Waals surface area contributed by atoms with Gasteiger partial charge in [-0.2, -0.15) is 4.52 Å². The summed E-state index contributed by atoms with van der Waals surface area (Å²) in [6, 6.07) is 6.58. The number of aryl methyl sites for hydroxylation is 1. The highest BCUT2D eigenvalue weighted by Gasteiger charge is 2.35. The van der Waals surface area contributed by atoms with Crippen LogP contribution in [0.15, 0.2) is 24.3 Å². The van der Waals surface area contributed by atoms with Gasteiger partial charge in [-0.25, -0.2) is 4.98 Å². The van der Waals surface area contributed by atoms with E-state index in [0.717, 1.165) is 30.0 Å². The fourth-order valence-electron chi connectivity index (χ4n) is 3.99. The first kappa shape index (κ1) is 17.9. The number of nitrogens with zero attached hydrogens (tertiary/aromatic N) is 4. The molecule has 8 nitrogen and oxygen atoms in total. The minimum absolute atomic E-state index is 0.0713. The molecule has 3 aromatic rings. The van der Waals surface area contributed by atoms with Crippen molar-refractivity contribution in [1.82, 2.24) is 14.6 Å². The van der Waals surface area contributed by atoms with Gasteiger partial charge in [-0.05, 0) is 31.9 Å². The first-order valence-corrected chi connectivity index (χ1v) is 9.89. The third kappa shape index (κ3) is 3.28. The molecule has 1 aliphatic rings. The number of piperidine rings is 1. The van der Waals surface area contributed by atoms with Crippen LogP contribution in [0.3, 0.4) is 0 Å². The second kappa shape index (κ2) is 6.90. The van der Waals surface area contributed by atoms with Gasteiger partial charge in [0.1, 0.15) is 10.7 Å². The molecular formula is C18H22N5O3S+. The number of thiazole rings is 1. The van der Waals surface area contributed by atoms with Crippen LogP contribution in [0.2, 0.25) is 0 Å². The molecule has 0 bridgehead atoms. The molecule has 1 aliphatic heterocycles. The van der Waals surface area contributed by atoms with Gasteiger partial charge in [0.15, 0.2) is 6.04 Å². The van der Waals surface area contributed by atoms with Crippen molar-refractivity contribution in [1.29, 1.82) is 0 Å². The van der Waals surface area contributed by atoms with Gasteiger partial charge in [-0.3, -0.25) is 10.1 Å². The molecule has 0 amide bonds. The Morgan fingerprint density at radius 3 is 2.78 bits per heavy atom. The zero-order valence-corrected chi connectivity index (χ0v) is 16.1. The van der Waals surface area contributed by atoms with Crippen LogP contribution < -0.4 is 4.90 Å². The van der Waals surface area contributed by atoms with E-state index in [-0.39, 0.29) is 17.6 Å². The van der Waals surface area contributed by atoms with E-state index in [4.69, 9.17) is 0 Å². The van der Waals surface area contributed by atoms with E-state index in [1.807, 2.05) is 0 Å². The number of nitro groups is 1. The number of hydrogen-bond acceptors (Lipinski definition) is 6. The maximum atomic E-state index is 11.0. The Morgan fingerprint density at radius 1 is 1.41 bits per heavy atom. The van der Waals surface area contributed by atoms with Crippen LogP contribution in [0.4, 0.5) is 5.69 Å². The molecule has 1 aromatic carbocycles. The number of aromatic hydroxyl groups is 1. The van der Waals surface area contributed by atoms with Crippen LogP contribution in [0, 0.1) is 23.0 Å². The van der Waals surface area contributed by atoms with E-state index >= 15 is 0 Å². The van der Waals surface area contributed by atoms with Crippen molar-refractivity contribution in [2.24, 2.45) is 5.92 Å². The van der Waals surface area contributed by atoms with Crippen LogP contribution >= 0.6 is 11.3 Å². The summed E-state index contributed by atoms with van der Waals surface area (Å²) in [5, 5.41) is 26.1. The van der Waals surface area contributed by atoms with Crippen molar-refractivity contribution in [2.75, 3.05) is 13.1 Å². The van der Waals surface area contributed by atoms with Gasteiger partial charge in [0, 0.05) is 23.6 Å². The first-order valence-electron chi connectivity index (χ1n) is 9.08. The van der Waals surface area contributed by atoms with Gasteiger partial charge in [-0.15, -0.1) is 5.10 Å². The highest BCUT2D eigenvalue weighted by Crippen LogP contribution is 2.35. The molecule has 2 N–H and O–H groups in total. The second-order valence-corrected chi connectivity index (χ2v) is 8.29. The van der Waals surface area contributed by atoms with Crippen molar-refractivity contribution in [2.45, 2.75) is 32.7 Å².